The molecule has 29 heavy (non-hydrogen) atoms. The van der Waals surface area contributed by atoms with Crippen LogP contribution in [0.1, 0.15) is 43.2 Å². The van der Waals surface area contributed by atoms with Gasteiger partial charge in [-0.05, 0) is 43.9 Å². The number of hydrogen-bond donors (Lipinski definition) is 2. The van der Waals surface area contributed by atoms with E-state index in [0.29, 0.717) is 29.4 Å². The summed E-state index contributed by atoms with van der Waals surface area (Å²) in [6.07, 6.45) is 3.23. The second-order valence-corrected chi connectivity index (χ2v) is 7.28. The van der Waals surface area contributed by atoms with Crippen molar-refractivity contribution in [1.29, 1.82) is 5.26 Å². The van der Waals surface area contributed by atoms with Crippen molar-refractivity contribution >= 4 is 17.7 Å². The van der Waals surface area contributed by atoms with Gasteiger partial charge in [0.1, 0.15) is 17.5 Å². The average Bonchev–Trinajstić information content (AvgIpc) is 2.73. The fourth-order valence-corrected chi connectivity index (χ4v) is 4.08. The monoisotopic (exact) mass is 393 g/mol. The summed E-state index contributed by atoms with van der Waals surface area (Å²) in [6.45, 7) is 4.01. The van der Waals surface area contributed by atoms with E-state index in [9.17, 15) is 14.9 Å². The maximum absolute atomic E-state index is 13.1. The van der Waals surface area contributed by atoms with Crippen LogP contribution in [0.5, 0.6) is 5.75 Å². The van der Waals surface area contributed by atoms with Crippen LogP contribution in [0.2, 0.25) is 0 Å². The molecule has 2 aliphatic rings. The number of aromatic amines is 1. The highest BCUT2D eigenvalue weighted by Crippen LogP contribution is 2.39. The number of ether oxygens (including phenoxy) is 1. The molecule has 1 fully saturated rings. The van der Waals surface area contributed by atoms with E-state index in [2.05, 4.69) is 21.4 Å². The van der Waals surface area contributed by atoms with E-state index in [0.717, 1.165) is 32.4 Å². The third kappa shape index (κ3) is 3.56. The van der Waals surface area contributed by atoms with Crippen LogP contribution in [-0.4, -0.2) is 35.6 Å². The van der Waals surface area contributed by atoms with Crippen molar-refractivity contribution < 1.29 is 9.53 Å². The van der Waals surface area contributed by atoms with Crippen molar-refractivity contribution in [2.24, 2.45) is 5.92 Å². The molecular formula is C21H23N5O3. The standard InChI is InChI=1S/C21H23N5O3/c1-2-29-14-8-6-7-13(11-14)16-15(12-22)19(27)23-18-17(16)20(28)25-21(24-18)26-9-4-3-5-10-26/h6-8,11,15-16H,2-5,9-10H2,1H3,(H2,23,24,25,27,28). The number of hydrogen-bond acceptors (Lipinski definition) is 6. The van der Waals surface area contributed by atoms with Gasteiger partial charge < -0.3 is 15.0 Å². The summed E-state index contributed by atoms with van der Waals surface area (Å²) in [5.74, 6) is -0.861. The van der Waals surface area contributed by atoms with E-state index in [-0.39, 0.29) is 11.4 Å². The zero-order chi connectivity index (χ0) is 20.4. The smallest absolute Gasteiger partial charge is 0.258 e. The van der Waals surface area contributed by atoms with Crippen molar-refractivity contribution in [3.8, 4) is 11.8 Å². The molecule has 2 atom stereocenters. The van der Waals surface area contributed by atoms with Crippen molar-refractivity contribution in [3.63, 3.8) is 0 Å². The maximum Gasteiger partial charge on any atom is 0.258 e. The Balaban J connectivity index is 1.82. The van der Waals surface area contributed by atoms with Crippen molar-refractivity contribution in [1.82, 2.24) is 9.97 Å². The third-order valence-corrected chi connectivity index (χ3v) is 5.43. The number of carbonyl (C=O) groups is 1. The van der Waals surface area contributed by atoms with Gasteiger partial charge in [-0.2, -0.15) is 10.2 Å². The lowest BCUT2D eigenvalue weighted by molar-refractivity contribution is -0.119. The Labute approximate surface area is 168 Å². The largest absolute Gasteiger partial charge is 0.494 e. The van der Waals surface area contributed by atoms with Gasteiger partial charge in [-0.15, -0.1) is 0 Å². The SMILES string of the molecule is CCOc1cccc(C2c3c(nc(N4CCCCC4)[nH]c3=O)NC(=O)C2C#N)c1. The molecule has 2 aliphatic heterocycles. The van der Waals surface area contributed by atoms with E-state index in [1.54, 1.807) is 24.3 Å². The first-order chi connectivity index (χ1) is 14.1. The van der Waals surface area contributed by atoms with Gasteiger partial charge in [0.25, 0.3) is 5.56 Å². The molecule has 1 aromatic carbocycles. The normalized spacial score (nSPS) is 21.1. The van der Waals surface area contributed by atoms with E-state index in [1.807, 2.05) is 11.8 Å². The number of benzene rings is 1. The minimum absolute atomic E-state index is 0.234. The topological polar surface area (TPSA) is 111 Å². The van der Waals surface area contributed by atoms with Gasteiger partial charge in [-0.3, -0.25) is 14.6 Å². The zero-order valence-corrected chi connectivity index (χ0v) is 16.3. The van der Waals surface area contributed by atoms with Crippen LogP contribution in [0.25, 0.3) is 0 Å². The molecule has 4 rings (SSSR count). The highest BCUT2D eigenvalue weighted by atomic mass is 16.5. The molecule has 2 unspecified atom stereocenters. The lowest BCUT2D eigenvalue weighted by Gasteiger charge is -2.31. The molecule has 150 valence electrons. The van der Waals surface area contributed by atoms with Crippen molar-refractivity contribution in [3.05, 3.63) is 45.7 Å². The molecule has 8 nitrogen and oxygen atoms in total. The van der Waals surface area contributed by atoms with Crippen LogP contribution in [-0.2, 0) is 4.79 Å². The number of carbonyl (C=O) groups excluding carboxylic acids is 1. The predicted molar refractivity (Wildman–Crippen MR) is 108 cm³/mol. The second kappa shape index (κ2) is 7.95. The number of H-pyrrole nitrogens is 1. The Morgan fingerprint density at radius 2 is 2.07 bits per heavy atom. The van der Waals surface area contributed by atoms with Gasteiger partial charge >= 0.3 is 0 Å². The Kier molecular flexibility index (Phi) is 5.21. The predicted octanol–water partition coefficient (Wildman–Crippen LogP) is 2.38. The quantitative estimate of drug-likeness (QED) is 0.825. The molecule has 1 aromatic heterocycles. The molecule has 3 heterocycles. The van der Waals surface area contributed by atoms with E-state index >= 15 is 0 Å². The molecule has 8 heteroatoms. The molecule has 1 saturated heterocycles. The highest BCUT2D eigenvalue weighted by molar-refractivity contribution is 5.98. The second-order valence-electron chi connectivity index (χ2n) is 7.28. The molecule has 0 radical (unpaired) electrons. The molecule has 2 N–H and O–H groups in total. The van der Waals surface area contributed by atoms with Crippen LogP contribution < -0.4 is 20.5 Å². The molecule has 0 bridgehead atoms. The van der Waals surface area contributed by atoms with Crippen LogP contribution >= 0.6 is 0 Å². The van der Waals surface area contributed by atoms with Crippen LogP contribution in [0.3, 0.4) is 0 Å². The van der Waals surface area contributed by atoms with Crippen LogP contribution in [0.15, 0.2) is 29.1 Å². The first-order valence-corrected chi connectivity index (χ1v) is 9.94. The number of amides is 1. The van der Waals surface area contributed by atoms with Crippen molar-refractivity contribution in [2.75, 3.05) is 29.9 Å². The van der Waals surface area contributed by atoms with E-state index in [1.165, 1.54) is 0 Å². The Morgan fingerprint density at radius 3 is 2.79 bits per heavy atom. The molecule has 2 aromatic rings. The fraction of sp³-hybridized carbons (Fsp3) is 0.429. The fourth-order valence-electron chi connectivity index (χ4n) is 4.08. The Bertz CT molecular complexity index is 1020. The minimum atomic E-state index is -1.02. The number of piperidine rings is 1. The lowest BCUT2D eigenvalue weighted by atomic mass is 9.79. The number of rotatable bonds is 4. The summed E-state index contributed by atoms with van der Waals surface area (Å²) >= 11 is 0. The summed E-state index contributed by atoms with van der Waals surface area (Å²) in [5, 5.41) is 12.3. The Hall–Kier alpha value is -3.34. The summed E-state index contributed by atoms with van der Waals surface area (Å²) in [5.41, 5.74) is 0.657. The van der Waals surface area contributed by atoms with Gasteiger partial charge in [-0.25, -0.2) is 0 Å². The van der Waals surface area contributed by atoms with Crippen molar-refractivity contribution in [2.45, 2.75) is 32.1 Å². The number of nitriles is 1. The van der Waals surface area contributed by atoms with Crippen LogP contribution in [0.4, 0.5) is 11.8 Å². The van der Waals surface area contributed by atoms with Crippen LogP contribution in [0, 0.1) is 17.2 Å². The van der Waals surface area contributed by atoms with Gasteiger partial charge in [0.15, 0.2) is 0 Å². The lowest BCUT2D eigenvalue weighted by Crippen LogP contribution is -2.40. The first-order valence-electron chi connectivity index (χ1n) is 9.94. The summed E-state index contributed by atoms with van der Waals surface area (Å²) in [4.78, 5) is 35.2. The summed E-state index contributed by atoms with van der Waals surface area (Å²) in [6, 6.07) is 9.24. The molecule has 0 spiro atoms. The van der Waals surface area contributed by atoms with Gasteiger partial charge in [0.2, 0.25) is 11.9 Å². The first kappa shape index (κ1) is 19.0. The third-order valence-electron chi connectivity index (χ3n) is 5.43. The summed E-state index contributed by atoms with van der Waals surface area (Å²) < 4.78 is 5.56. The summed E-state index contributed by atoms with van der Waals surface area (Å²) in [7, 11) is 0. The minimum Gasteiger partial charge on any atom is -0.494 e. The molecule has 1 amide bonds. The van der Waals surface area contributed by atoms with Gasteiger partial charge in [0, 0.05) is 19.0 Å². The Morgan fingerprint density at radius 1 is 1.28 bits per heavy atom. The molecular weight excluding hydrogens is 370 g/mol. The molecule has 0 aliphatic carbocycles. The van der Waals surface area contributed by atoms with Gasteiger partial charge in [0.05, 0.1) is 18.2 Å². The highest BCUT2D eigenvalue weighted by Gasteiger charge is 2.40. The van der Waals surface area contributed by atoms with E-state index < -0.39 is 17.7 Å². The number of nitrogens with one attached hydrogen (secondary N) is 2. The van der Waals surface area contributed by atoms with E-state index in [4.69, 9.17) is 4.74 Å². The number of fused-ring (bicyclic) bond motifs is 1. The van der Waals surface area contributed by atoms with Gasteiger partial charge in [-0.1, -0.05) is 12.1 Å². The number of aromatic nitrogens is 2. The number of anilines is 2. The maximum atomic E-state index is 13.1. The zero-order valence-electron chi connectivity index (χ0n) is 16.3. The molecule has 0 saturated carbocycles. The average molecular weight is 393 g/mol. The number of nitrogens with zero attached hydrogens (tertiary/aromatic N) is 3.